The highest BCUT2D eigenvalue weighted by molar-refractivity contribution is 5.48. The molecule has 0 fully saturated rings. The predicted octanol–water partition coefficient (Wildman–Crippen LogP) is 2.76. The van der Waals surface area contributed by atoms with Gasteiger partial charge in [-0.25, -0.2) is 0 Å². The molecule has 0 amide bonds. The molecule has 1 N–H and O–H groups in total. The van der Waals surface area contributed by atoms with Crippen LogP contribution in [-0.2, 0) is 13.0 Å². The average molecular weight is 285 g/mol. The van der Waals surface area contributed by atoms with Gasteiger partial charge in [0.25, 0.3) is 0 Å². The maximum absolute atomic E-state index is 5.49. The van der Waals surface area contributed by atoms with Crippen LogP contribution in [0.15, 0.2) is 42.5 Å². The molecule has 0 atom stereocenters. The zero-order valence-corrected chi connectivity index (χ0v) is 12.1. The molecule has 0 radical (unpaired) electrons. The van der Waals surface area contributed by atoms with E-state index in [0.717, 1.165) is 42.3 Å². The van der Waals surface area contributed by atoms with Gasteiger partial charge in [0.15, 0.2) is 11.5 Å². The summed E-state index contributed by atoms with van der Waals surface area (Å²) in [6.07, 6.45) is 0.983. The van der Waals surface area contributed by atoms with Gasteiger partial charge in [0.2, 0.25) is 6.79 Å². The van der Waals surface area contributed by atoms with E-state index < -0.39 is 0 Å². The number of fused-ring (bicyclic) bond motifs is 1. The summed E-state index contributed by atoms with van der Waals surface area (Å²) < 4.78 is 16.0. The molecule has 2 aromatic carbocycles. The Morgan fingerprint density at radius 1 is 1.10 bits per heavy atom. The fraction of sp³-hybridized carbons (Fsp3) is 0.294. The van der Waals surface area contributed by atoms with Crippen LogP contribution in [-0.4, -0.2) is 20.4 Å². The van der Waals surface area contributed by atoms with Gasteiger partial charge < -0.3 is 19.5 Å². The van der Waals surface area contributed by atoms with Crippen LogP contribution in [0, 0.1) is 0 Å². The molecule has 3 rings (SSSR count). The van der Waals surface area contributed by atoms with E-state index in [9.17, 15) is 0 Å². The molecular formula is C17H19NO3. The van der Waals surface area contributed by atoms with Gasteiger partial charge in [0.1, 0.15) is 5.75 Å². The third kappa shape index (κ3) is 3.28. The van der Waals surface area contributed by atoms with Crippen LogP contribution >= 0.6 is 0 Å². The first-order valence-corrected chi connectivity index (χ1v) is 7.08. The van der Waals surface area contributed by atoms with Gasteiger partial charge in [0.05, 0.1) is 7.11 Å². The summed E-state index contributed by atoms with van der Waals surface area (Å²) in [5.74, 6) is 2.60. The van der Waals surface area contributed by atoms with Crippen LogP contribution in [0.2, 0.25) is 0 Å². The molecule has 21 heavy (non-hydrogen) atoms. The Balaban J connectivity index is 1.49. The van der Waals surface area contributed by atoms with Gasteiger partial charge in [-0.15, -0.1) is 0 Å². The Morgan fingerprint density at radius 3 is 2.76 bits per heavy atom. The van der Waals surface area contributed by atoms with Crippen molar-refractivity contribution < 1.29 is 14.2 Å². The average Bonchev–Trinajstić information content (AvgIpc) is 3.01. The second-order valence-electron chi connectivity index (χ2n) is 4.93. The highest BCUT2D eigenvalue weighted by Crippen LogP contribution is 2.35. The lowest BCUT2D eigenvalue weighted by atomic mass is 10.1. The molecule has 0 bridgehead atoms. The van der Waals surface area contributed by atoms with Crippen molar-refractivity contribution in [2.24, 2.45) is 0 Å². The van der Waals surface area contributed by atoms with E-state index in [4.69, 9.17) is 14.2 Å². The van der Waals surface area contributed by atoms with Gasteiger partial charge in [-0.05, 0) is 36.7 Å². The molecule has 1 heterocycles. The topological polar surface area (TPSA) is 39.7 Å². The number of para-hydroxylation sites is 1. The van der Waals surface area contributed by atoms with Crippen molar-refractivity contribution in [3.63, 3.8) is 0 Å². The van der Waals surface area contributed by atoms with Crippen molar-refractivity contribution in [2.75, 3.05) is 20.4 Å². The SMILES string of the molecule is COc1ccc(CCNCc2cccc3c2OCO3)cc1. The van der Waals surface area contributed by atoms with Gasteiger partial charge in [-0.3, -0.25) is 0 Å². The van der Waals surface area contributed by atoms with Crippen LogP contribution in [0.3, 0.4) is 0 Å². The van der Waals surface area contributed by atoms with Crippen molar-refractivity contribution in [1.82, 2.24) is 5.32 Å². The van der Waals surface area contributed by atoms with E-state index in [1.54, 1.807) is 7.11 Å². The molecule has 0 saturated carbocycles. The standard InChI is InChI=1S/C17H19NO3/c1-19-15-7-5-13(6-8-15)9-10-18-11-14-3-2-4-16-17(14)21-12-20-16/h2-8,18H,9-12H2,1H3. The summed E-state index contributed by atoms with van der Waals surface area (Å²) >= 11 is 0. The van der Waals surface area contributed by atoms with E-state index in [2.05, 4.69) is 23.5 Å². The molecule has 0 spiro atoms. The van der Waals surface area contributed by atoms with Crippen LogP contribution in [0.1, 0.15) is 11.1 Å². The Hall–Kier alpha value is -2.20. The Bertz CT molecular complexity index is 595. The van der Waals surface area contributed by atoms with Gasteiger partial charge in [-0.2, -0.15) is 0 Å². The van der Waals surface area contributed by atoms with Crippen LogP contribution in [0.4, 0.5) is 0 Å². The molecule has 4 heteroatoms. The summed E-state index contributed by atoms with van der Waals surface area (Å²) in [5.41, 5.74) is 2.43. The lowest BCUT2D eigenvalue weighted by Gasteiger charge is -2.08. The number of nitrogens with one attached hydrogen (secondary N) is 1. The van der Waals surface area contributed by atoms with E-state index in [0.29, 0.717) is 6.79 Å². The van der Waals surface area contributed by atoms with Gasteiger partial charge in [-0.1, -0.05) is 24.3 Å². The second-order valence-corrected chi connectivity index (χ2v) is 4.93. The van der Waals surface area contributed by atoms with E-state index >= 15 is 0 Å². The first-order chi connectivity index (χ1) is 10.4. The molecule has 0 aliphatic carbocycles. The zero-order chi connectivity index (χ0) is 14.5. The second kappa shape index (κ2) is 6.50. The minimum atomic E-state index is 0.318. The third-order valence-electron chi connectivity index (χ3n) is 3.54. The van der Waals surface area contributed by atoms with Crippen molar-refractivity contribution >= 4 is 0 Å². The lowest BCUT2D eigenvalue weighted by molar-refractivity contribution is 0.173. The van der Waals surface area contributed by atoms with Crippen molar-refractivity contribution in [2.45, 2.75) is 13.0 Å². The smallest absolute Gasteiger partial charge is 0.231 e. The van der Waals surface area contributed by atoms with Crippen molar-refractivity contribution in [1.29, 1.82) is 0 Å². The Morgan fingerprint density at radius 2 is 1.95 bits per heavy atom. The number of benzene rings is 2. The number of rotatable bonds is 6. The maximum atomic E-state index is 5.49. The molecule has 2 aromatic rings. The molecular weight excluding hydrogens is 266 g/mol. The molecule has 1 aliphatic heterocycles. The number of ether oxygens (including phenoxy) is 3. The molecule has 0 saturated heterocycles. The highest BCUT2D eigenvalue weighted by atomic mass is 16.7. The number of methoxy groups -OCH3 is 1. The highest BCUT2D eigenvalue weighted by Gasteiger charge is 2.16. The summed E-state index contributed by atoms with van der Waals surface area (Å²) in [7, 11) is 1.68. The number of hydrogen-bond donors (Lipinski definition) is 1. The monoisotopic (exact) mass is 285 g/mol. The Labute approximate surface area is 124 Å². The third-order valence-corrected chi connectivity index (χ3v) is 3.54. The maximum Gasteiger partial charge on any atom is 0.231 e. The summed E-state index contributed by atoms with van der Waals surface area (Å²) in [5, 5.41) is 3.44. The Kier molecular flexibility index (Phi) is 4.26. The molecule has 4 nitrogen and oxygen atoms in total. The molecule has 110 valence electrons. The largest absolute Gasteiger partial charge is 0.497 e. The van der Waals surface area contributed by atoms with E-state index in [-0.39, 0.29) is 0 Å². The van der Waals surface area contributed by atoms with Crippen molar-refractivity contribution in [3.05, 3.63) is 53.6 Å². The van der Waals surface area contributed by atoms with Gasteiger partial charge in [0, 0.05) is 12.1 Å². The normalized spacial score (nSPS) is 12.4. The van der Waals surface area contributed by atoms with Crippen LogP contribution in [0.5, 0.6) is 17.2 Å². The quantitative estimate of drug-likeness (QED) is 0.828. The van der Waals surface area contributed by atoms with E-state index in [1.807, 2.05) is 24.3 Å². The van der Waals surface area contributed by atoms with Gasteiger partial charge >= 0.3 is 0 Å². The van der Waals surface area contributed by atoms with Crippen LogP contribution < -0.4 is 19.5 Å². The molecule has 0 unspecified atom stereocenters. The zero-order valence-electron chi connectivity index (χ0n) is 12.1. The first kappa shape index (κ1) is 13.8. The fourth-order valence-corrected chi connectivity index (χ4v) is 2.38. The lowest BCUT2D eigenvalue weighted by Crippen LogP contribution is -2.17. The molecule has 1 aliphatic rings. The summed E-state index contributed by atoms with van der Waals surface area (Å²) in [6, 6.07) is 14.2. The molecule has 0 aromatic heterocycles. The number of hydrogen-bond acceptors (Lipinski definition) is 4. The summed E-state index contributed by atoms with van der Waals surface area (Å²) in [6.45, 7) is 2.01. The predicted molar refractivity (Wildman–Crippen MR) is 81.0 cm³/mol. The summed E-state index contributed by atoms with van der Waals surface area (Å²) in [4.78, 5) is 0. The minimum Gasteiger partial charge on any atom is -0.497 e. The minimum absolute atomic E-state index is 0.318. The first-order valence-electron chi connectivity index (χ1n) is 7.08. The van der Waals surface area contributed by atoms with Crippen molar-refractivity contribution in [3.8, 4) is 17.2 Å². The van der Waals surface area contributed by atoms with Crippen LogP contribution in [0.25, 0.3) is 0 Å². The fourth-order valence-electron chi connectivity index (χ4n) is 2.38. The van der Waals surface area contributed by atoms with E-state index in [1.165, 1.54) is 5.56 Å².